The molecule has 0 aliphatic heterocycles. The maximum Gasteiger partial charge on any atom is 0.311 e. The number of phenols is 2. The summed E-state index contributed by atoms with van der Waals surface area (Å²) in [5, 5.41) is 28.2. The molecule has 3 aromatic rings. The van der Waals surface area contributed by atoms with E-state index in [1.807, 2.05) is 0 Å². The number of carboxylic acid groups (broad SMARTS) is 1. The predicted molar refractivity (Wildman–Crippen MR) is 82.6 cm³/mol. The van der Waals surface area contributed by atoms with E-state index in [2.05, 4.69) is 0 Å². The van der Waals surface area contributed by atoms with Gasteiger partial charge in [0.1, 0.15) is 29.3 Å². The van der Waals surface area contributed by atoms with Gasteiger partial charge < -0.3 is 19.7 Å². The van der Waals surface area contributed by atoms with Crippen LogP contribution in [0.1, 0.15) is 5.76 Å². The molecule has 2 aromatic carbocycles. The molecule has 0 aliphatic rings. The van der Waals surface area contributed by atoms with E-state index in [-0.39, 0.29) is 33.8 Å². The van der Waals surface area contributed by atoms with E-state index in [9.17, 15) is 19.8 Å². The number of rotatable bonds is 3. The van der Waals surface area contributed by atoms with E-state index >= 15 is 0 Å². The molecule has 0 aliphatic carbocycles. The van der Waals surface area contributed by atoms with Crippen LogP contribution in [0, 0.1) is 0 Å². The van der Waals surface area contributed by atoms with Crippen LogP contribution in [-0.4, -0.2) is 21.3 Å². The topological polar surface area (TPSA) is 108 Å². The summed E-state index contributed by atoms with van der Waals surface area (Å²) in [5.41, 5.74) is 0.301. The number of aliphatic carboxylic acids is 1. The molecule has 0 spiro atoms. The van der Waals surface area contributed by atoms with Crippen LogP contribution in [0.3, 0.4) is 0 Å². The Balaban J connectivity index is 2.35. The number of benzene rings is 2. The van der Waals surface area contributed by atoms with Gasteiger partial charge in [-0.2, -0.15) is 0 Å². The van der Waals surface area contributed by atoms with Crippen molar-refractivity contribution < 1.29 is 24.5 Å². The number of aromatic hydroxyl groups is 2. The number of fused-ring (bicyclic) bond motifs is 1. The average molecular weight is 312 g/mol. The Labute approximate surface area is 129 Å². The lowest BCUT2D eigenvalue weighted by Crippen LogP contribution is -2.12. The minimum Gasteiger partial charge on any atom is -0.508 e. The summed E-state index contributed by atoms with van der Waals surface area (Å²) in [6, 6.07) is 9.88. The van der Waals surface area contributed by atoms with Crippen LogP contribution in [0.2, 0.25) is 0 Å². The Hall–Kier alpha value is -3.28. The fraction of sp³-hybridized carbons (Fsp3) is 0.0588. The summed E-state index contributed by atoms with van der Waals surface area (Å²) in [6.07, 6.45) is -0.475. The first-order valence-corrected chi connectivity index (χ1v) is 6.75. The summed E-state index contributed by atoms with van der Waals surface area (Å²) >= 11 is 0. The van der Waals surface area contributed by atoms with E-state index in [0.29, 0.717) is 5.56 Å². The van der Waals surface area contributed by atoms with Gasteiger partial charge in [-0.1, -0.05) is 12.1 Å². The Kier molecular flexibility index (Phi) is 3.50. The summed E-state index contributed by atoms with van der Waals surface area (Å²) in [5.74, 6) is -1.21. The number of carbonyl (C=O) groups is 1. The van der Waals surface area contributed by atoms with Crippen molar-refractivity contribution in [1.29, 1.82) is 0 Å². The van der Waals surface area contributed by atoms with E-state index in [1.54, 1.807) is 0 Å². The van der Waals surface area contributed by atoms with Crippen LogP contribution in [0.4, 0.5) is 0 Å². The van der Waals surface area contributed by atoms with Gasteiger partial charge >= 0.3 is 5.97 Å². The van der Waals surface area contributed by atoms with Crippen LogP contribution in [0.25, 0.3) is 22.1 Å². The Morgan fingerprint density at radius 3 is 2.30 bits per heavy atom. The highest BCUT2D eigenvalue weighted by Crippen LogP contribution is 2.28. The molecule has 0 saturated heterocycles. The molecule has 3 rings (SSSR count). The van der Waals surface area contributed by atoms with Gasteiger partial charge in [0.2, 0.25) is 5.43 Å². The van der Waals surface area contributed by atoms with Gasteiger partial charge in [0.25, 0.3) is 0 Å². The molecule has 3 N–H and O–H groups in total. The highest BCUT2D eigenvalue weighted by molar-refractivity contribution is 5.85. The first-order chi connectivity index (χ1) is 11.0. The predicted octanol–water partition coefficient (Wildman–Crippen LogP) is 2.50. The monoisotopic (exact) mass is 312 g/mol. The van der Waals surface area contributed by atoms with Gasteiger partial charge in [-0.25, -0.2) is 0 Å². The van der Waals surface area contributed by atoms with Crippen LogP contribution in [-0.2, 0) is 11.2 Å². The SMILES string of the molecule is O=C(O)Cc1oc2cc(O)ccc2c(=O)c1-c1ccc(O)cc1. The highest BCUT2D eigenvalue weighted by Gasteiger charge is 2.18. The molecule has 0 amide bonds. The smallest absolute Gasteiger partial charge is 0.311 e. The zero-order valence-corrected chi connectivity index (χ0v) is 11.8. The number of hydrogen-bond acceptors (Lipinski definition) is 5. The second-order valence-corrected chi connectivity index (χ2v) is 5.03. The van der Waals surface area contributed by atoms with Crippen molar-refractivity contribution >= 4 is 16.9 Å². The van der Waals surface area contributed by atoms with Crippen molar-refractivity contribution in [2.24, 2.45) is 0 Å². The number of carboxylic acids is 1. The van der Waals surface area contributed by atoms with Crippen LogP contribution < -0.4 is 5.43 Å². The fourth-order valence-electron chi connectivity index (χ4n) is 2.41. The minimum absolute atomic E-state index is 0.00807. The molecule has 0 atom stereocenters. The molecule has 0 saturated carbocycles. The molecule has 0 fully saturated rings. The Morgan fingerprint density at radius 1 is 1.00 bits per heavy atom. The Morgan fingerprint density at radius 2 is 1.65 bits per heavy atom. The quantitative estimate of drug-likeness (QED) is 0.685. The third-order valence-electron chi connectivity index (χ3n) is 3.42. The maximum atomic E-state index is 12.7. The zero-order valence-electron chi connectivity index (χ0n) is 11.8. The molecular weight excluding hydrogens is 300 g/mol. The van der Waals surface area contributed by atoms with Crippen molar-refractivity contribution in [2.75, 3.05) is 0 Å². The second kappa shape index (κ2) is 5.49. The number of hydrogen-bond donors (Lipinski definition) is 3. The molecule has 23 heavy (non-hydrogen) atoms. The largest absolute Gasteiger partial charge is 0.508 e. The zero-order chi connectivity index (χ0) is 16.6. The molecule has 6 nitrogen and oxygen atoms in total. The van der Waals surface area contributed by atoms with Crippen molar-refractivity contribution in [3.05, 3.63) is 58.4 Å². The summed E-state index contributed by atoms with van der Waals surface area (Å²) in [6.45, 7) is 0. The van der Waals surface area contributed by atoms with Gasteiger partial charge in [0.05, 0.1) is 10.9 Å². The van der Waals surface area contributed by atoms with Crippen molar-refractivity contribution in [2.45, 2.75) is 6.42 Å². The lowest BCUT2D eigenvalue weighted by Gasteiger charge is -2.09. The van der Waals surface area contributed by atoms with E-state index in [0.717, 1.165) is 0 Å². The Bertz CT molecular complexity index is 953. The molecule has 6 heteroatoms. The molecule has 0 radical (unpaired) electrons. The minimum atomic E-state index is -1.15. The molecule has 1 heterocycles. The standard InChI is InChI=1S/C17H12O6/c18-10-3-1-9(2-4-10)16-14(8-15(20)21)23-13-7-11(19)5-6-12(13)17(16)22/h1-7,18-19H,8H2,(H,20,21). The summed E-state index contributed by atoms with van der Waals surface area (Å²) < 4.78 is 5.55. The summed E-state index contributed by atoms with van der Waals surface area (Å²) in [7, 11) is 0. The third kappa shape index (κ3) is 2.74. The second-order valence-electron chi connectivity index (χ2n) is 5.03. The molecule has 116 valence electrons. The lowest BCUT2D eigenvalue weighted by molar-refractivity contribution is -0.136. The molecule has 0 bridgehead atoms. The van der Waals surface area contributed by atoms with Gasteiger partial charge in [-0.3, -0.25) is 9.59 Å². The average Bonchev–Trinajstić information content (AvgIpc) is 2.48. The lowest BCUT2D eigenvalue weighted by atomic mass is 10.0. The van der Waals surface area contributed by atoms with Crippen molar-refractivity contribution in [3.8, 4) is 22.6 Å². The van der Waals surface area contributed by atoms with Gasteiger partial charge in [-0.15, -0.1) is 0 Å². The van der Waals surface area contributed by atoms with E-state index in [4.69, 9.17) is 9.52 Å². The normalized spacial score (nSPS) is 10.8. The van der Waals surface area contributed by atoms with Crippen LogP contribution in [0.5, 0.6) is 11.5 Å². The van der Waals surface area contributed by atoms with Crippen molar-refractivity contribution in [1.82, 2.24) is 0 Å². The van der Waals surface area contributed by atoms with Crippen LogP contribution in [0.15, 0.2) is 51.7 Å². The van der Waals surface area contributed by atoms with Gasteiger partial charge in [-0.05, 0) is 29.8 Å². The van der Waals surface area contributed by atoms with E-state index < -0.39 is 17.8 Å². The molecule has 0 unspecified atom stereocenters. The summed E-state index contributed by atoms with van der Waals surface area (Å²) in [4.78, 5) is 23.8. The number of phenolic OH excluding ortho intramolecular Hbond substituents is 2. The van der Waals surface area contributed by atoms with E-state index in [1.165, 1.54) is 42.5 Å². The van der Waals surface area contributed by atoms with Gasteiger partial charge in [0, 0.05) is 6.07 Å². The van der Waals surface area contributed by atoms with Gasteiger partial charge in [0.15, 0.2) is 0 Å². The fourth-order valence-corrected chi connectivity index (χ4v) is 2.41. The molecule has 1 aromatic heterocycles. The molecular formula is C17H12O6. The maximum absolute atomic E-state index is 12.7. The van der Waals surface area contributed by atoms with Crippen molar-refractivity contribution in [3.63, 3.8) is 0 Å². The highest BCUT2D eigenvalue weighted by atomic mass is 16.4. The third-order valence-corrected chi connectivity index (χ3v) is 3.42. The van der Waals surface area contributed by atoms with Crippen LogP contribution >= 0.6 is 0 Å². The first-order valence-electron chi connectivity index (χ1n) is 6.75. The first kappa shape index (κ1) is 14.6.